The fourth-order valence-corrected chi connectivity index (χ4v) is 1.93. The lowest BCUT2D eigenvalue weighted by Crippen LogP contribution is -2.24. The van der Waals surface area contributed by atoms with Gasteiger partial charge in [-0.05, 0) is 24.9 Å². The van der Waals surface area contributed by atoms with E-state index < -0.39 is 0 Å². The second-order valence-corrected chi connectivity index (χ2v) is 3.47. The number of hydrogen-bond acceptors (Lipinski definition) is 4. The first-order valence-corrected chi connectivity index (χ1v) is 4.55. The highest BCUT2D eigenvalue weighted by Gasteiger charge is 2.16. The van der Waals surface area contributed by atoms with Crippen LogP contribution in [0.3, 0.4) is 0 Å². The molecule has 0 spiro atoms. The molecule has 3 nitrogen and oxygen atoms in total. The van der Waals surface area contributed by atoms with Crippen molar-refractivity contribution in [2.45, 2.75) is 32.2 Å². The number of aromatic nitrogens is 2. The quantitative estimate of drug-likeness (QED) is 0.747. The molecule has 0 radical (unpaired) electrons. The van der Waals surface area contributed by atoms with Gasteiger partial charge in [-0.2, -0.15) is 4.37 Å². The van der Waals surface area contributed by atoms with Crippen molar-refractivity contribution in [2.24, 2.45) is 5.73 Å². The molecule has 0 saturated heterocycles. The number of hydrogen-bond donors (Lipinski definition) is 1. The molecule has 1 aromatic rings. The second kappa shape index (κ2) is 3.78. The zero-order chi connectivity index (χ0) is 8.27. The van der Waals surface area contributed by atoms with Crippen LogP contribution in [0.5, 0.6) is 0 Å². The summed E-state index contributed by atoms with van der Waals surface area (Å²) in [6.07, 6.45) is 2.62. The summed E-state index contributed by atoms with van der Waals surface area (Å²) in [4.78, 5) is 4.14. The van der Waals surface area contributed by atoms with E-state index in [1.807, 2.05) is 6.92 Å². The predicted octanol–water partition coefficient (Wildman–Crippen LogP) is 1.38. The van der Waals surface area contributed by atoms with Gasteiger partial charge in [-0.15, -0.1) is 0 Å². The van der Waals surface area contributed by atoms with E-state index in [9.17, 15) is 0 Å². The largest absolute Gasteiger partial charge is 0.327 e. The van der Waals surface area contributed by atoms with Gasteiger partial charge in [0.15, 0.2) is 0 Å². The monoisotopic (exact) mass is 171 g/mol. The zero-order valence-corrected chi connectivity index (χ0v) is 7.64. The molecule has 1 heterocycles. The Labute approximate surface area is 70.8 Å². The Morgan fingerprint density at radius 1 is 1.73 bits per heavy atom. The summed E-state index contributed by atoms with van der Waals surface area (Å²) >= 11 is 1.44. The Hall–Kier alpha value is -0.480. The molecule has 1 aromatic heterocycles. The summed E-state index contributed by atoms with van der Waals surface area (Å²) in [5, 5.41) is 1.06. The summed E-state index contributed by atoms with van der Waals surface area (Å²) < 4.78 is 3.95. The van der Waals surface area contributed by atoms with Gasteiger partial charge < -0.3 is 5.73 Å². The third-order valence-electron chi connectivity index (χ3n) is 1.77. The maximum atomic E-state index is 5.78. The van der Waals surface area contributed by atoms with Gasteiger partial charge in [0.2, 0.25) is 0 Å². The molecule has 0 aromatic carbocycles. The molecule has 0 bridgehead atoms. The van der Waals surface area contributed by atoms with E-state index in [0.717, 1.165) is 11.4 Å². The fraction of sp³-hybridized carbons (Fsp3) is 0.714. The van der Waals surface area contributed by atoms with Gasteiger partial charge in [0.1, 0.15) is 11.3 Å². The highest BCUT2D eigenvalue weighted by Crippen LogP contribution is 2.22. The molecule has 2 N–H and O–H groups in total. The van der Waals surface area contributed by atoms with Crippen LogP contribution in [-0.2, 0) is 0 Å². The third kappa shape index (κ3) is 1.97. The molecule has 1 rings (SSSR count). The molecular formula is C7H13N3S. The van der Waals surface area contributed by atoms with E-state index in [4.69, 9.17) is 5.73 Å². The summed E-state index contributed by atoms with van der Waals surface area (Å²) in [6.45, 7) is 4.13. The molecule has 2 unspecified atom stereocenters. The fourth-order valence-electron chi connectivity index (χ4n) is 1.12. The Kier molecular flexibility index (Phi) is 2.96. The maximum absolute atomic E-state index is 5.78. The smallest absolute Gasteiger partial charge is 0.129 e. The van der Waals surface area contributed by atoms with Crippen molar-refractivity contribution in [1.82, 2.24) is 9.36 Å². The second-order valence-electron chi connectivity index (χ2n) is 2.65. The van der Waals surface area contributed by atoms with Gasteiger partial charge in [0, 0.05) is 12.0 Å². The molecule has 0 aliphatic carbocycles. The highest BCUT2D eigenvalue weighted by molar-refractivity contribution is 7.05. The van der Waals surface area contributed by atoms with Crippen molar-refractivity contribution in [1.29, 1.82) is 0 Å². The maximum Gasteiger partial charge on any atom is 0.129 e. The van der Waals surface area contributed by atoms with E-state index in [2.05, 4.69) is 16.3 Å². The summed E-state index contributed by atoms with van der Waals surface area (Å²) in [6, 6.07) is 0.174. The first kappa shape index (κ1) is 8.62. The standard InChI is InChI=1S/C7H13N3S/c1-3-6(5(2)8)7-9-4-10-11-7/h4-6H,3,8H2,1-2H3. The molecule has 4 heteroatoms. The van der Waals surface area contributed by atoms with Crippen molar-refractivity contribution >= 4 is 11.5 Å². The number of nitrogens with two attached hydrogens (primary N) is 1. The Morgan fingerprint density at radius 3 is 2.82 bits per heavy atom. The molecule has 0 aliphatic heterocycles. The van der Waals surface area contributed by atoms with Crippen molar-refractivity contribution < 1.29 is 0 Å². The van der Waals surface area contributed by atoms with Crippen LogP contribution in [0.2, 0.25) is 0 Å². The first-order valence-electron chi connectivity index (χ1n) is 3.77. The average Bonchev–Trinajstić information content (AvgIpc) is 2.40. The van der Waals surface area contributed by atoms with Crippen molar-refractivity contribution in [3.8, 4) is 0 Å². The van der Waals surface area contributed by atoms with Crippen LogP contribution in [0.15, 0.2) is 6.33 Å². The lowest BCUT2D eigenvalue weighted by molar-refractivity contribution is 0.550. The van der Waals surface area contributed by atoms with Crippen LogP contribution in [0.1, 0.15) is 31.2 Å². The molecule has 0 amide bonds. The van der Waals surface area contributed by atoms with E-state index in [-0.39, 0.29) is 6.04 Å². The first-order chi connectivity index (χ1) is 5.25. The minimum absolute atomic E-state index is 0.174. The lowest BCUT2D eigenvalue weighted by atomic mass is 10.0. The van der Waals surface area contributed by atoms with Crippen LogP contribution in [0.4, 0.5) is 0 Å². The van der Waals surface area contributed by atoms with E-state index >= 15 is 0 Å². The minimum Gasteiger partial charge on any atom is -0.327 e. The topological polar surface area (TPSA) is 51.8 Å². The minimum atomic E-state index is 0.174. The Bertz CT molecular complexity index is 195. The molecule has 0 saturated carbocycles. The van der Waals surface area contributed by atoms with E-state index in [1.165, 1.54) is 11.5 Å². The van der Waals surface area contributed by atoms with Gasteiger partial charge >= 0.3 is 0 Å². The molecule has 62 valence electrons. The highest BCUT2D eigenvalue weighted by atomic mass is 32.1. The normalized spacial score (nSPS) is 16.3. The zero-order valence-electron chi connectivity index (χ0n) is 6.82. The average molecular weight is 171 g/mol. The molecule has 2 atom stereocenters. The van der Waals surface area contributed by atoms with Crippen molar-refractivity contribution in [3.63, 3.8) is 0 Å². The summed E-state index contributed by atoms with van der Waals surface area (Å²) in [5.41, 5.74) is 5.78. The van der Waals surface area contributed by atoms with Crippen LogP contribution in [-0.4, -0.2) is 15.4 Å². The van der Waals surface area contributed by atoms with E-state index in [0.29, 0.717) is 5.92 Å². The number of rotatable bonds is 3. The lowest BCUT2D eigenvalue weighted by Gasteiger charge is -2.14. The summed E-state index contributed by atoms with van der Waals surface area (Å²) in [7, 11) is 0. The van der Waals surface area contributed by atoms with Gasteiger partial charge in [-0.1, -0.05) is 6.92 Å². The molecule has 0 fully saturated rings. The van der Waals surface area contributed by atoms with Gasteiger partial charge in [-0.25, -0.2) is 4.98 Å². The predicted molar refractivity (Wildman–Crippen MR) is 46.6 cm³/mol. The van der Waals surface area contributed by atoms with Gasteiger partial charge in [0.25, 0.3) is 0 Å². The van der Waals surface area contributed by atoms with Crippen molar-refractivity contribution in [3.05, 3.63) is 11.3 Å². The molecular weight excluding hydrogens is 158 g/mol. The van der Waals surface area contributed by atoms with Crippen molar-refractivity contribution in [2.75, 3.05) is 0 Å². The van der Waals surface area contributed by atoms with Crippen LogP contribution >= 0.6 is 11.5 Å². The van der Waals surface area contributed by atoms with Crippen LogP contribution in [0.25, 0.3) is 0 Å². The molecule has 11 heavy (non-hydrogen) atoms. The molecule has 0 aliphatic rings. The SMILES string of the molecule is CCC(c1ncns1)C(C)N. The van der Waals surface area contributed by atoms with Gasteiger partial charge in [0.05, 0.1) is 0 Å². The summed E-state index contributed by atoms with van der Waals surface area (Å²) in [5.74, 6) is 0.377. The van der Waals surface area contributed by atoms with Crippen LogP contribution in [0, 0.1) is 0 Å². The van der Waals surface area contributed by atoms with Gasteiger partial charge in [-0.3, -0.25) is 0 Å². The van der Waals surface area contributed by atoms with E-state index in [1.54, 1.807) is 6.33 Å². The number of nitrogens with zero attached hydrogens (tertiary/aromatic N) is 2. The Morgan fingerprint density at radius 2 is 2.45 bits per heavy atom. The third-order valence-corrected chi connectivity index (χ3v) is 2.56. The Balaban J connectivity index is 2.71. The van der Waals surface area contributed by atoms with Crippen LogP contribution < -0.4 is 5.73 Å².